The monoisotopic (exact) mass is 283 g/mol. The molecule has 88 valence electrons. The highest BCUT2D eigenvalue weighted by Gasteiger charge is 2.19. The maximum atomic E-state index is 5.51. The summed E-state index contributed by atoms with van der Waals surface area (Å²) >= 11 is 3.62. The molecule has 0 radical (unpaired) electrons. The molecule has 1 saturated heterocycles. The van der Waals surface area contributed by atoms with Crippen molar-refractivity contribution >= 4 is 15.9 Å². The molecule has 16 heavy (non-hydrogen) atoms. The first-order valence-corrected chi connectivity index (χ1v) is 6.57. The van der Waals surface area contributed by atoms with Crippen LogP contribution >= 0.6 is 15.9 Å². The molecule has 0 bridgehead atoms. The number of hydrogen-bond acceptors (Lipinski definition) is 2. The second kappa shape index (κ2) is 5.19. The summed E-state index contributed by atoms with van der Waals surface area (Å²) in [6.45, 7) is 3.24. The van der Waals surface area contributed by atoms with Gasteiger partial charge in [0.25, 0.3) is 0 Å². The summed E-state index contributed by atoms with van der Waals surface area (Å²) < 4.78 is 6.67. The molecule has 1 unspecified atom stereocenters. The summed E-state index contributed by atoms with van der Waals surface area (Å²) in [7, 11) is 1.75. The average molecular weight is 284 g/mol. The van der Waals surface area contributed by atoms with E-state index in [2.05, 4.69) is 40.3 Å². The van der Waals surface area contributed by atoms with Crippen molar-refractivity contribution in [3.05, 3.63) is 27.7 Å². The molecule has 1 aromatic rings. The molecule has 1 atom stereocenters. The van der Waals surface area contributed by atoms with Gasteiger partial charge in [-0.25, -0.2) is 0 Å². The predicted molar refractivity (Wildman–Crippen MR) is 70.2 cm³/mol. The molecular formula is C13H18BrNO. The van der Waals surface area contributed by atoms with Gasteiger partial charge in [-0.15, -0.1) is 0 Å². The Morgan fingerprint density at radius 1 is 1.50 bits per heavy atom. The Kier molecular flexibility index (Phi) is 3.87. The Hall–Kier alpha value is -0.540. The van der Waals surface area contributed by atoms with E-state index in [4.69, 9.17) is 4.74 Å². The van der Waals surface area contributed by atoms with Crippen LogP contribution in [0.25, 0.3) is 0 Å². The van der Waals surface area contributed by atoms with Gasteiger partial charge < -0.3 is 10.1 Å². The van der Waals surface area contributed by atoms with Gasteiger partial charge in [0.2, 0.25) is 0 Å². The summed E-state index contributed by atoms with van der Waals surface area (Å²) in [6.07, 6.45) is 3.60. The predicted octanol–water partition coefficient (Wildman–Crippen LogP) is 3.06. The minimum Gasteiger partial charge on any atom is -0.496 e. The number of halogens is 1. The van der Waals surface area contributed by atoms with Gasteiger partial charge in [0.15, 0.2) is 0 Å². The van der Waals surface area contributed by atoms with Gasteiger partial charge in [-0.05, 0) is 44.4 Å². The Bertz CT molecular complexity index is 372. The quantitative estimate of drug-likeness (QED) is 0.921. The Morgan fingerprint density at radius 2 is 2.31 bits per heavy atom. The maximum absolute atomic E-state index is 5.51. The van der Waals surface area contributed by atoms with Crippen molar-refractivity contribution in [3.8, 4) is 5.75 Å². The lowest BCUT2D eigenvalue weighted by Crippen LogP contribution is -2.24. The smallest absolute Gasteiger partial charge is 0.126 e. The summed E-state index contributed by atoms with van der Waals surface area (Å²) in [6, 6.07) is 4.81. The molecule has 0 aromatic heterocycles. The van der Waals surface area contributed by atoms with E-state index in [1.807, 2.05) is 0 Å². The van der Waals surface area contributed by atoms with Gasteiger partial charge in [0, 0.05) is 16.1 Å². The third-order valence-corrected chi connectivity index (χ3v) is 3.96. The second-order valence-electron chi connectivity index (χ2n) is 4.37. The third kappa shape index (κ3) is 2.41. The molecule has 2 nitrogen and oxygen atoms in total. The summed E-state index contributed by atoms with van der Waals surface area (Å²) in [5, 5.41) is 3.53. The van der Waals surface area contributed by atoms with Crippen molar-refractivity contribution in [1.29, 1.82) is 0 Å². The lowest BCUT2D eigenvalue weighted by Gasteiger charge is -2.16. The van der Waals surface area contributed by atoms with Gasteiger partial charge in [0.05, 0.1) is 7.11 Å². The van der Waals surface area contributed by atoms with Crippen LogP contribution in [0.1, 0.15) is 24.0 Å². The molecule has 0 aliphatic carbocycles. The van der Waals surface area contributed by atoms with Gasteiger partial charge in [0.1, 0.15) is 5.75 Å². The zero-order valence-corrected chi connectivity index (χ0v) is 11.4. The number of benzene rings is 1. The van der Waals surface area contributed by atoms with E-state index in [0.717, 1.165) is 23.2 Å². The highest BCUT2D eigenvalue weighted by atomic mass is 79.9. The van der Waals surface area contributed by atoms with Crippen LogP contribution in [-0.2, 0) is 6.42 Å². The molecular weight excluding hydrogens is 266 g/mol. The molecule has 1 N–H and O–H groups in total. The summed E-state index contributed by atoms with van der Waals surface area (Å²) in [5.41, 5.74) is 2.50. The average Bonchev–Trinajstić information content (AvgIpc) is 2.77. The molecule has 0 saturated carbocycles. The normalized spacial score (nSPS) is 20.1. The largest absolute Gasteiger partial charge is 0.496 e. The molecule has 1 aromatic carbocycles. The van der Waals surface area contributed by atoms with Crippen LogP contribution in [0.3, 0.4) is 0 Å². The standard InChI is InChI=1S/C13H18BrNO/c1-9-5-6-12(14)11(13(9)16-2)8-10-4-3-7-15-10/h5-6,10,15H,3-4,7-8H2,1-2H3. The van der Waals surface area contributed by atoms with E-state index < -0.39 is 0 Å². The van der Waals surface area contributed by atoms with Crippen LogP contribution in [-0.4, -0.2) is 19.7 Å². The molecule has 1 aliphatic heterocycles. The first-order valence-electron chi connectivity index (χ1n) is 5.77. The van der Waals surface area contributed by atoms with E-state index in [0.29, 0.717) is 6.04 Å². The highest BCUT2D eigenvalue weighted by Crippen LogP contribution is 2.32. The minimum absolute atomic E-state index is 0.604. The number of aryl methyl sites for hydroxylation is 1. The Balaban J connectivity index is 2.26. The number of ether oxygens (including phenoxy) is 1. The third-order valence-electron chi connectivity index (χ3n) is 3.22. The van der Waals surface area contributed by atoms with Crippen LogP contribution in [0.15, 0.2) is 16.6 Å². The van der Waals surface area contributed by atoms with Crippen molar-refractivity contribution in [2.24, 2.45) is 0 Å². The maximum Gasteiger partial charge on any atom is 0.126 e. The molecule has 2 rings (SSSR count). The first kappa shape index (κ1) is 11.9. The number of methoxy groups -OCH3 is 1. The second-order valence-corrected chi connectivity index (χ2v) is 5.23. The Morgan fingerprint density at radius 3 is 2.94 bits per heavy atom. The molecule has 1 aliphatic rings. The van der Waals surface area contributed by atoms with Crippen LogP contribution in [0.4, 0.5) is 0 Å². The fraction of sp³-hybridized carbons (Fsp3) is 0.538. The van der Waals surface area contributed by atoms with Crippen LogP contribution in [0, 0.1) is 6.92 Å². The van der Waals surface area contributed by atoms with E-state index >= 15 is 0 Å². The van der Waals surface area contributed by atoms with E-state index in [1.54, 1.807) is 7.11 Å². The lowest BCUT2D eigenvalue weighted by atomic mass is 10.0. The summed E-state index contributed by atoms with van der Waals surface area (Å²) in [5.74, 6) is 1.03. The van der Waals surface area contributed by atoms with Crippen LogP contribution in [0.5, 0.6) is 5.75 Å². The fourth-order valence-corrected chi connectivity index (χ4v) is 2.85. The number of hydrogen-bond donors (Lipinski definition) is 1. The van der Waals surface area contributed by atoms with Gasteiger partial charge >= 0.3 is 0 Å². The van der Waals surface area contributed by atoms with Crippen molar-refractivity contribution in [1.82, 2.24) is 5.32 Å². The zero-order chi connectivity index (χ0) is 11.5. The van der Waals surface area contributed by atoms with Crippen molar-refractivity contribution in [2.45, 2.75) is 32.2 Å². The van der Waals surface area contributed by atoms with E-state index in [1.165, 1.54) is 24.0 Å². The molecule has 3 heteroatoms. The van der Waals surface area contributed by atoms with Crippen molar-refractivity contribution < 1.29 is 4.74 Å². The fourth-order valence-electron chi connectivity index (χ4n) is 2.37. The van der Waals surface area contributed by atoms with Gasteiger partial charge in [-0.3, -0.25) is 0 Å². The SMILES string of the molecule is COc1c(C)ccc(Br)c1CC1CCCN1. The molecule has 0 spiro atoms. The molecule has 1 fully saturated rings. The van der Waals surface area contributed by atoms with Crippen LogP contribution < -0.4 is 10.1 Å². The highest BCUT2D eigenvalue weighted by molar-refractivity contribution is 9.10. The van der Waals surface area contributed by atoms with Gasteiger partial charge in [-0.2, -0.15) is 0 Å². The zero-order valence-electron chi connectivity index (χ0n) is 9.85. The topological polar surface area (TPSA) is 21.3 Å². The minimum atomic E-state index is 0.604. The number of rotatable bonds is 3. The molecule has 0 amide bonds. The lowest BCUT2D eigenvalue weighted by molar-refractivity contribution is 0.403. The molecule has 1 heterocycles. The number of nitrogens with one attached hydrogen (secondary N) is 1. The first-order chi connectivity index (χ1) is 7.72. The van der Waals surface area contributed by atoms with Crippen molar-refractivity contribution in [2.75, 3.05) is 13.7 Å². The van der Waals surface area contributed by atoms with Crippen LogP contribution in [0.2, 0.25) is 0 Å². The van der Waals surface area contributed by atoms with Gasteiger partial charge in [-0.1, -0.05) is 22.0 Å². The summed E-state index contributed by atoms with van der Waals surface area (Å²) in [4.78, 5) is 0. The van der Waals surface area contributed by atoms with E-state index in [-0.39, 0.29) is 0 Å². The van der Waals surface area contributed by atoms with E-state index in [9.17, 15) is 0 Å². The van der Waals surface area contributed by atoms with Crippen molar-refractivity contribution in [3.63, 3.8) is 0 Å². The Labute approximate surface area is 106 Å².